The Balaban J connectivity index is 2.52. The maximum absolute atomic E-state index is 9.04. The van der Waals surface area contributed by atoms with E-state index in [1.165, 1.54) is 5.56 Å². The summed E-state index contributed by atoms with van der Waals surface area (Å²) in [6, 6.07) is 3.95. The molecule has 0 aliphatic heterocycles. The fourth-order valence-corrected chi connectivity index (χ4v) is 1.30. The van der Waals surface area contributed by atoms with Gasteiger partial charge < -0.3 is 10.8 Å². The first kappa shape index (κ1) is 11.1. The van der Waals surface area contributed by atoms with Gasteiger partial charge in [-0.2, -0.15) is 0 Å². The van der Waals surface area contributed by atoms with Crippen molar-refractivity contribution in [1.29, 1.82) is 0 Å². The first-order valence-electron chi connectivity index (χ1n) is 4.68. The standard InChI is InChI=1S/C10H17N3O/c1-13(10(6-11)8-14)7-9-2-4-12-5-3-9/h2-5,10,14H,6-8,11H2,1H3. The molecule has 0 amide bonds. The number of aliphatic hydroxyl groups excluding tert-OH is 1. The third-order valence-corrected chi connectivity index (χ3v) is 2.29. The zero-order valence-electron chi connectivity index (χ0n) is 8.43. The van der Waals surface area contributed by atoms with E-state index < -0.39 is 0 Å². The van der Waals surface area contributed by atoms with E-state index in [4.69, 9.17) is 10.8 Å². The number of nitrogens with zero attached hydrogens (tertiary/aromatic N) is 2. The fraction of sp³-hybridized carbons (Fsp3) is 0.500. The van der Waals surface area contributed by atoms with E-state index in [0.717, 1.165) is 6.54 Å². The maximum Gasteiger partial charge on any atom is 0.0599 e. The molecule has 0 saturated carbocycles. The Bertz CT molecular complexity index is 249. The van der Waals surface area contributed by atoms with Crippen LogP contribution >= 0.6 is 0 Å². The van der Waals surface area contributed by atoms with Crippen molar-refractivity contribution in [2.45, 2.75) is 12.6 Å². The van der Waals surface area contributed by atoms with Crippen molar-refractivity contribution in [3.8, 4) is 0 Å². The Labute approximate surface area is 84.4 Å². The highest BCUT2D eigenvalue weighted by molar-refractivity contribution is 5.09. The zero-order chi connectivity index (χ0) is 10.4. The molecule has 0 aliphatic carbocycles. The molecule has 0 radical (unpaired) electrons. The monoisotopic (exact) mass is 195 g/mol. The van der Waals surface area contributed by atoms with Crippen LogP contribution in [-0.4, -0.2) is 41.2 Å². The fourth-order valence-electron chi connectivity index (χ4n) is 1.30. The molecule has 4 nitrogen and oxygen atoms in total. The van der Waals surface area contributed by atoms with Crippen LogP contribution in [0.3, 0.4) is 0 Å². The predicted molar refractivity (Wildman–Crippen MR) is 55.6 cm³/mol. The van der Waals surface area contributed by atoms with Crippen LogP contribution in [0, 0.1) is 0 Å². The smallest absolute Gasteiger partial charge is 0.0599 e. The first-order chi connectivity index (χ1) is 6.77. The largest absolute Gasteiger partial charge is 0.395 e. The van der Waals surface area contributed by atoms with Crippen molar-refractivity contribution in [1.82, 2.24) is 9.88 Å². The topological polar surface area (TPSA) is 62.4 Å². The molecule has 0 bridgehead atoms. The van der Waals surface area contributed by atoms with Gasteiger partial charge in [-0.1, -0.05) is 0 Å². The molecule has 3 N–H and O–H groups in total. The molecule has 0 aromatic carbocycles. The van der Waals surface area contributed by atoms with Gasteiger partial charge in [-0.15, -0.1) is 0 Å². The van der Waals surface area contributed by atoms with Crippen molar-refractivity contribution in [2.24, 2.45) is 5.73 Å². The summed E-state index contributed by atoms with van der Waals surface area (Å²) in [5.74, 6) is 0. The van der Waals surface area contributed by atoms with E-state index in [0.29, 0.717) is 6.54 Å². The van der Waals surface area contributed by atoms with Gasteiger partial charge >= 0.3 is 0 Å². The molecule has 1 unspecified atom stereocenters. The highest BCUT2D eigenvalue weighted by Gasteiger charge is 2.11. The van der Waals surface area contributed by atoms with Gasteiger partial charge in [0.15, 0.2) is 0 Å². The van der Waals surface area contributed by atoms with Crippen molar-refractivity contribution in [3.05, 3.63) is 30.1 Å². The number of rotatable bonds is 5. The van der Waals surface area contributed by atoms with Crippen LogP contribution in [0.1, 0.15) is 5.56 Å². The summed E-state index contributed by atoms with van der Waals surface area (Å²) >= 11 is 0. The Hall–Kier alpha value is -0.970. The van der Waals surface area contributed by atoms with Crippen LogP contribution in [-0.2, 0) is 6.54 Å². The molecule has 4 heteroatoms. The third-order valence-electron chi connectivity index (χ3n) is 2.29. The van der Waals surface area contributed by atoms with Gasteiger partial charge in [0.2, 0.25) is 0 Å². The van der Waals surface area contributed by atoms with Crippen LogP contribution in [0.2, 0.25) is 0 Å². The molecule has 0 spiro atoms. The van der Waals surface area contributed by atoms with Gasteiger partial charge in [0.1, 0.15) is 0 Å². The minimum atomic E-state index is 0.0307. The van der Waals surface area contributed by atoms with Crippen molar-refractivity contribution in [3.63, 3.8) is 0 Å². The summed E-state index contributed by atoms with van der Waals surface area (Å²) in [5.41, 5.74) is 6.70. The molecular weight excluding hydrogens is 178 g/mol. The number of aliphatic hydroxyl groups is 1. The molecule has 78 valence electrons. The lowest BCUT2D eigenvalue weighted by Crippen LogP contribution is -2.40. The summed E-state index contributed by atoms with van der Waals surface area (Å²) in [5, 5.41) is 9.04. The molecular formula is C10H17N3O. The molecule has 14 heavy (non-hydrogen) atoms. The van der Waals surface area contributed by atoms with E-state index in [2.05, 4.69) is 4.98 Å². The van der Waals surface area contributed by atoms with Crippen LogP contribution in [0.25, 0.3) is 0 Å². The summed E-state index contributed by atoms with van der Waals surface area (Å²) in [6.07, 6.45) is 3.53. The van der Waals surface area contributed by atoms with Gasteiger partial charge in [0.25, 0.3) is 0 Å². The zero-order valence-corrected chi connectivity index (χ0v) is 8.43. The van der Waals surface area contributed by atoms with Gasteiger partial charge in [-0.25, -0.2) is 0 Å². The van der Waals surface area contributed by atoms with E-state index in [1.54, 1.807) is 12.4 Å². The Morgan fingerprint density at radius 1 is 1.50 bits per heavy atom. The number of pyridine rings is 1. The molecule has 1 heterocycles. The second-order valence-electron chi connectivity index (χ2n) is 3.34. The number of nitrogens with two attached hydrogens (primary N) is 1. The van der Waals surface area contributed by atoms with Crippen LogP contribution in [0.15, 0.2) is 24.5 Å². The van der Waals surface area contributed by atoms with Gasteiger partial charge in [0.05, 0.1) is 6.61 Å². The van der Waals surface area contributed by atoms with Gasteiger partial charge in [-0.05, 0) is 24.7 Å². The second kappa shape index (κ2) is 5.70. The number of likely N-dealkylation sites (N-methyl/N-ethyl adjacent to an activating group) is 1. The molecule has 1 aromatic heterocycles. The molecule has 1 atom stereocenters. The Morgan fingerprint density at radius 2 is 2.14 bits per heavy atom. The quantitative estimate of drug-likeness (QED) is 0.685. The summed E-state index contributed by atoms with van der Waals surface area (Å²) < 4.78 is 0. The minimum absolute atomic E-state index is 0.0307. The average Bonchev–Trinajstić information content (AvgIpc) is 2.21. The second-order valence-corrected chi connectivity index (χ2v) is 3.34. The van der Waals surface area contributed by atoms with E-state index in [9.17, 15) is 0 Å². The number of hydrogen-bond donors (Lipinski definition) is 2. The third kappa shape index (κ3) is 3.06. The van der Waals surface area contributed by atoms with E-state index >= 15 is 0 Å². The predicted octanol–water partition coefficient (Wildman–Crippen LogP) is -0.167. The SMILES string of the molecule is CN(Cc1ccncc1)C(CN)CO. The van der Waals surface area contributed by atoms with E-state index in [1.807, 2.05) is 24.1 Å². The molecule has 0 fully saturated rings. The molecule has 1 aromatic rings. The highest BCUT2D eigenvalue weighted by Crippen LogP contribution is 2.03. The molecule has 0 aliphatic rings. The van der Waals surface area contributed by atoms with Crippen molar-refractivity contribution in [2.75, 3.05) is 20.2 Å². The van der Waals surface area contributed by atoms with Gasteiger partial charge in [0, 0.05) is 31.5 Å². The molecule has 1 rings (SSSR count). The first-order valence-corrected chi connectivity index (χ1v) is 4.68. The highest BCUT2D eigenvalue weighted by atomic mass is 16.3. The van der Waals surface area contributed by atoms with Crippen molar-refractivity contribution < 1.29 is 5.11 Å². The van der Waals surface area contributed by atoms with Crippen LogP contribution in [0.4, 0.5) is 0 Å². The Morgan fingerprint density at radius 3 is 2.64 bits per heavy atom. The van der Waals surface area contributed by atoms with Gasteiger partial charge in [-0.3, -0.25) is 9.88 Å². The summed E-state index contributed by atoms with van der Waals surface area (Å²) in [7, 11) is 1.95. The van der Waals surface area contributed by atoms with Crippen LogP contribution in [0.5, 0.6) is 0 Å². The van der Waals surface area contributed by atoms with Crippen LogP contribution < -0.4 is 5.73 Å². The minimum Gasteiger partial charge on any atom is -0.395 e. The number of hydrogen-bond acceptors (Lipinski definition) is 4. The average molecular weight is 195 g/mol. The Kier molecular flexibility index (Phi) is 4.52. The normalized spacial score (nSPS) is 13.1. The number of aromatic nitrogens is 1. The lowest BCUT2D eigenvalue weighted by molar-refractivity contribution is 0.146. The van der Waals surface area contributed by atoms with Crippen molar-refractivity contribution >= 4 is 0 Å². The lowest BCUT2D eigenvalue weighted by atomic mass is 10.2. The lowest BCUT2D eigenvalue weighted by Gasteiger charge is -2.24. The maximum atomic E-state index is 9.04. The molecule has 0 saturated heterocycles. The summed E-state index contributed by atoms with van der Waals surface area (Å²) in [4.78, 5) is 5.98. The summed E-state index contributed by atoms with van der Waals surface area (Å²) in [6.45, 7) is 1.35. The van der Waals surface area contributed by atoms with E-state index in [-0.39, 0.29) is 12.6 Å².